The van der Waals surface area contributed by atoms with Crippen molar-refractivity contribution in [3.05, 3.63) is 29.8 Å². The Morgan fingerprint density at radius 2 is 0.899 bits per heavy atom. The SMILES string of the molecule is CC(C)C[C@H](N)C(=O)N[C@H](C(=O)N[C@@H](CCC(=O)O)C(=O)N[C@@H](CCC(N)=O)C(=O)N[C@H](C(=O)N[C@@H](CCCCN)C(=O)N[C@@H](CC(N)=O)C(=O)N[C@@H](CCC(=O)O)C(=O)N[C@@H](Cc1ccc(O)cc1)C(=O)O)[C@@H](C)O)C(C)C. The molecule has 79 heavy (non-hydrogen) atoms. The van der Waals surface area contributed by atoms with Gasteiger partial charge in [-0.25, -0.2) is 4.79 Å². The fraction of sp³-hybridized carbons (Fsp3) is 0.612. The minimum atomic E-state index is -1.97. The number of phenolic OH excluding ortho intramolecular Hbond substituents is 1. The van der Waals surface area contributed by atoms with Crippen molar-refractivity contribution in [3.63, 3.8) is 0 Å². The lowest BCUT2D eigenvalue weighted by atomic mass is 9.99. The van der Waals surface area contributed by atoms with E-state index >= 15 is 0 Å². The van der Waals surface area contributed by atoms with Gasteiger partial charge in [-0.2, -0.15) is 0 Å². The van der Waals surface area contributed by atoms with Gasteiger partial charge in [0.2, 0.25) is 59.1 Å². The maximum atomic E-state index is 14.0. The number of benzene rings is 1. The Morgan fingerprint density at radius 3 is 1.32 bits per heavy atom. The third-order valence-corrected chi connectivity index (χ3v) is 11.9. The van der Waals surface area contributed by atoms with E-state index in [1.165, 1.54) is 24.3 Å². The lowest BCUT2D eigenvalue weighted by Crippen LogP contribution is -2.62. The van der Waals surface area contributed by atoms with Gasteiger partial charge in [0.1, 0.15) is 54.1 Å². The number of carbonyl (C=O) groups is 13. The first-order valence-corrected chi connectivity index (χ1v) is 25.4. The molecule has 1 aromatic rings. The Labute approximate surface area is 455 Å². The second kappa shape index (κ2) is 34.7. The Kier molecular flexibility index (Phi) is 30.3. The van der Waals surface area contributed by atoms with Crippen LogP contribution in [0.2, 0.25) is 0 Å². The topological polar surface area (TPSA) is 523 Å². The van der Waals surface area contributed by atoms with Gasteiger partial charge in [-0.1, -0.05) is 39.8 Å². The molecule has 0 saturated carbocycles. The van der Waals surface area contributed by atoms with Crippen LogP contribution in [0.5, 0.6) is 5.75 Å². The molecular formula is C49H78N12O18. The molecule has 0 heterocycles. The minimum Gasteiger partial charge on any atom is -0.508 e. The highest BCUT2D eigenvalue weighted by Gasteiger charge is 2.37. The van der Waals surface area contributed by atoms with E-state index in [0.717, 1.165) is 6.92 Å². The quantitative estimate of drug-likeness (QED) is 0.0277. The standard InChI is InChI=1S/C49H78N12O18/c1-23(2)20-28(51)41(70)60-39(24(3)4)47(76)57-32(15-18-38(68)69)43(72)54-30(13-16-35(52)64)45(74)61-40(25(5)62)48(77)56-29(8-6-7-19-50)42(71)58-33(22-36(53)65)46(75)55-31(14-17-37(66)67)44(73)59-34(49(78)79)21-26-9-11-27(63)12-10-26/h9-12,23-25,28-34,39-40,62-63H,6-8,13-22,50-51H2,1-5H3,(H2,52,64)(H2,53,65)(H,54,72)(H,55,75)(H,56,77)(H,57,76)(H,58,71)(H,59,73)(H,60,70)(H,61,74)(H,66,67)(H,68,69)(H,78,79)/t25-,28+,29+,30+,31+,32+,33+,34+,39+,40+/m1/s1. The van der Waals surface area contributed by atoms with Crippen LogP contribution in [0, 0.1) is 11.8 Å². The van der Waals surface area contributed by atoms with E-state index in [1.54, 1.807) is 13.8 Å². The Balaban J connectivity index is 3.51. The molecule has 10 atom stereocenters. The van der Waals surface area contributed by atoms with E-state index in [-0.39, 0.29) is 50.3 Å². The number of aromatic hydroxyl groups is 1. The summed E-state index contributed by atoms with van der Waals surface area (Å²) in [5.74, 6) is -16.0. The van der Waals surface area contributed by atoms with E-state index in [9.17, 15) is 87.9 Å². The van der Waals surface area contributed by atoms with Crippen molar-refractivity contribution in [3.8, 4) is 5.75 Å². The summed E-state index contributed by atoms with van der Waals surface area (Å²) in [7, 11) is 0. The molecule has 10 amide bonds. The number of aliphatic hydroxyl groups is 1. The van der Waals surface area contributed by atoms with E-state index < -0.39 is 188 Å². The first-order valence-electron chi connectivity index (χ1n) is 25.4. The molecule has 0 aliphatic rings. The maximum Gasteiger partial charge on any atom is 0.326 e. The molecule has 0 unspecified atom stereocenters. The van der Waals surface area contributed by atoms with Gasteiger partial charge in [0.15, 0.2) is 0 Å². The van der Waals surface area contributed by atoms with Crippen molar-refractivity contribution in [2.45, 2.75) is 172 Å². The second-order valence-corrected chi connectivity index (χ2v) is 19.6. The molecule has 442 valence electrons. The van der Waals surface area contributed by atoms with E-state index in [4.69, 9.17) is 22.9 Å². The summed E-state index contributed by atoms with van der Waals surface area (Å²) < 4.78 is 0. The lowest BCUT2D eigenvalue weighted by Gasteiger charge is -2.29. The van der Waals surface area contributed by atoms with Gasteiger partial charge >= 0.3 is 17.9 Å². The highest BCUT2D eigenvalue weighted by molar-refractivity contribution is 5.99. The number of amides is 10. The summed E-state index contributed by atoms with van der Waals surface area (Å²) >= 11 is 0. The van der Waals surface area contributed by atoms with Crippen molar-refractivity contribution in [1.82, 2.24) is 42.5 Å². The van der Waals surface area contributed by atoms with Crippen LogP contribution >= 0.6 is 0 Å². The first-order chi connectivity index (χ1) is 36.9. The van der Waals surface area contributed by atoms with Crippen molar-refractivity contribution >= 4 is 77.0 Å². The van der Waals surface area contributed by atoms with Crippen molar-refractivity contribution in [2.24, 2.45) is 34.8 Å². The molecule has 0 spiro atoms. The number of nitrogens with two attached hydrogens (primary N) is 4. The number of phenols is 1. The third kappa shape index (κ3) is 26.8. The highest BCUT2D eigenvalue weighted by Crippen LogP contribution is 2.14. The predicted octanol–water partition coefficient (Wildman–Crippen LogP) is -4.69. The molecule has 1 rings (SSSR count). The number of nitrogens with one attached hydrogen (secondary N) is 8. The predicted molar refractivity (Wildman–Crippen MR) is 278 cm³/mol. The average Bonchev–Trinajstić information content (AvgIpc) is 3.34. The van der Waals surface area contributed by atoms with Crippen LogP contribution in [-0.2, 0) is 68.7 Å². The maximum absolute atomic E-state index is 14.0. The molecule has 0 aliphatic heterocycles. The van der Waals surface area contributed by atoms with Crippen LogP contribution in [0.15, 0.2) is 24.3 Å². The molecule has 30 nitrogen and oxygen atoms in total. The van der Waals surface area contributed by atoms with Crippen molar-refractivity contribution in [1.29, 1.82) is 0 Å². The molecule has 0 aromatic heterocycles. The number of primary amides is 2. The van der Waals surface area contributed by atoms with E-state index in [2.05, 4.69) is 42.5 Å². The van der Waals surface area contributed by atoms with Gasteiger partial charge in [0, 0.05) is 25.7 Å². The summed E-state index contributed by atoms with van der Waals surface area (Å²) in [6.45, 7) is 7.97. The number of hydrogen-bond donors (Lipinski definition) is 17. The number of carbonyl (C=O) groups excluding carboxylic acids is 10. The summed E-state index contributed by atoms with van der Waals surface area (Å²) in [6, 6.07) is -9.40. The summed E-state index contributed by atoms with van der Waals surface area (Å²) in [6.07, 6.45) is -6.34. The number of carboxylic acids is 3. The summed E-state index contributed by atoms with van der Waals surface area (Å²) in [5, 5.41) is 67.6. The molecule has 0 aliphatic carbocycles. The molecule has 0 radical (unpaired) electrons. The van der Waals surface area contributed by atoms with Crippen LogP contribution < -0.4 is 65.5 Å². The fourth-order valence-electron chi connectivity index (χ4n) is 7.55. The number of aliphatic carboxylic acids is 3. The van der Waals surface area contributed by atoms with Gasteiger partial charge in [0.25, 0.3) is 0 Å². The zero-order valence-electron chi connectivity index (χ0n) is 44.8. The number of aliphatic hydroxyl groups excluding tert-OH is 1. The van der Waals surface area contributed by atoms with E-state index in [1.807, 2.05) is 13.8 Å². The number of rotatable bonds is 38. The number of hydrogen-bond acceptors (Lipinski definition) is 17. The summed E-state index contributed by atoms with van der Waals surface area (Å²) in [5.41, 5.74) is 22.7. The van der Waals surface area contributed by atoms with Crippen LogP contribution in [0.25, 0.3) is 0 Å². The van der Waals surface area contributed by atoms with Gasteiger partial charge in [-0.3, -0.25) is 57.5 Å². The van der Waals surface area contributed by atoms with Crippen molar-refractivity contribution < 1.29 is 87.9 Å². The largest absolute Gasteiger partial charge is 0.508 e. The molecular weight excluding hydrogens is 1040 g/mol. The van der Waals surface area contributed by atoms with Crippen LogP contribution in [0.4, 0.5) is 0 Å². The Bertz CT molecular complexity index is 2300. The molecule has 0 bridgehead atoms. The highest BCUT2D eigenvalue weighted by atomic mass is 16.4. The van der Waals surface area contributed by atoms with Gasteiger partial charge in [0.05, 0.1) is 18.6 Å². The van der Waals surface area contributed by atoms with Gasteiger partial charge < -0.3 is 91.0 Å². The van der Waals surface area contributed by atoms with Crippen LogP contribution in [0.1, 0.15) is 111 Å². The minimum absolute atomic E-state index is 0.0214. The normalized spacial score (nSPS) is 14.9. The third-order valence-electron chi connectivity index (χ3n) is 11.9. The van der Waals surface area contributed by atoms with Crippen LogP contribution in [0.3, 0.4) is 0 Å². The zero-order valence-corrected chi connectivity index (χ0v) is 44.8. The van der Waals surface area contributed by atoms with E-state index in [0.29, 0.717) is 5.56 Å². The zero-order chi connectivity index (χ0) is 60.3. The first kappa shape index (κ1) is 69.0. The smallest absolute Gasteiger partial charge is 0.326 e. The Hall–Kier alpha value is -7.99. The van der Waals surface area contributed by atoms with Gasteiger partial charge in [-0.05, 0) is 87.9 Å². The van der Waals surface area contributed by atoms with Gasteiger partial charge in [-0.15, -0.1) is 0 Å². The molecule has 1 aromatic carbocycles. The number of unbranched alkanes of at least 4 members (excludes halogenated alkanes) is 1. The van der Waals surface area contributed by atoms with Crippen LogP contribution in [-0.4, -0.2) is 170 Å². The number of carboxylic acid groups (broad SMARTS) is 3. The average molecular weight is 1120 g/mol. The lowest BCUT2D eigenvalue weighted by molar-refractivity contribution is -0.143. The molecule has 0 fully saturated rings. The fourth-order valence-corrected chi connectivity index (χ4v) is 7.55. The van der Waals surface area contributed by atoms with Crippen molar-refractivity contribution in [2.75, 3.05) is 6.54 Å². The second-order valence-electron chi connectivity index (χ2n) is 19.6. The monoisotopic (exact) mass is 1120 g/mol. The molecule has 21 N–H and O–H groups in total. The Morgan fingerprint density at radius 1 is 0.494 bits per heavy atom. The summed E-state index contributed by atoms with van der Waals surface area (Å²) in [4.78, 5) is 169. The molecule has 30 heteroatoms. The molecule has 0 saturated heterocycles.